The molecule has 2 nitrogen and oxygen atoms in total. The number of ether oxygens (including phenoxy) is 1. The quantitative estimate of drug-likeness (QED) is 0.677. The van der Waals surface area contributed by atoms with Crippen molar-refractivity contribution in [2.75, 3.05) is 7.11 Å². The smallest absolute Gasteiger partial charge is 0.178 e. The number of methoxy groups -OCH3 is 1. The Morgan fingerprint density at radius 3 is 3.00 bits per heavy atom. The molecule has 0 radical (unpaired) electrons. The number of hydrogen-bond donors (Lipinski definition) is 1. The van der Waals surface area contributed by atoms with Crippen molar-refractivity contribution in [3.8, 4) is 5.06 Å². The minimum absolute atomic E-state index is 0.0622. The molecule has 0 amide bonds. The third-order valence-electron chi connectivity index (χ3n) is 1.06. The van der Waals surface area contributed by atoms with Crippen LogP contribution in [-0.2, 0) is 6.61 Å². The van der Waals surface area contributed by atoms with Gasteiger partial charge in [0, 0.05) is 5.56 Å². The van der Waals surface area contributed by atoms with Gasteiger partial charge in [-0.05, 0) is 11.4 Å². The largest absolute Gasteiger partial charge is 0.487 e. The van der Waals surface area contributed by atoms with Gasteiger partial charge in [0.25, 0.3) is 0 Å². The predicted octanol–water partition coefficient (Wildman–Crippen LogP) is 1.25. The second kappa shape index (κ2) is 2.85. The standard InChI is InChI=1S/C6H8O2S/c1-8-6-5(4-7)2-3-9-6/h2-3,7H,4H2,1H3. The van der Waals surface area contributed by atoms with Crippen molar-refractivity contribution in [1.29, 1.82) is 0 Å². The first-order valence-corrected chi connectivity index (χ1v) is 3.47. The molecular formula is C6H8O2S. The summed E-state index contributed by atoms with van der Waals surface area (Å²) < 4.78 is 4.93. The van der Waals surface area contributed by atoms with Crippen LogP contribution < -0.4 is 4.74 Å². The van der Waals surface area contributed by atoms with E-state index in [4.69, 9.17) is 9.84 Å². The zero-order chi connectivity index (χ0) is 6.69. The molecule has 0 spiro atoms. The fraction of sp³-hybridized carbons (Fsp3) is 0.333. The summed E-state index contributed by atoms with van der Waals surface area (Å²) in [6.07, 6.45) is 0. The monoisotopic (exact) mass is 144 g/mol. The first-order chi connectivity index (χ1) is 4.38. The van der Waals surface area contributed by atoms with Gasteiger partial charge in [-0.3, -0.25) is 0 Å². The van der Waals surface area contributed by atoms with Crippen LogP contribution in [0, 0.1) is 0 Å². The zero-order valence-corrected chi connectivity index (χ0v) is 5.94. The van der Waals surface area contributed by atoms with Gasteiger partial charge in [0.05, 0.1) is 13.7 Å². The van der Waals surface area contributed by atoms with Gasteiger partial charge in [-0.2, -0.15) is 0 Å². The molecule has 1 N–H and O–H groups in total. The van der Waals surface area contributed by atoms with Gasteiger partial charge >= 0.3 is 0 Å². The lowest BCUT2D eigenvalue weighted by Gasteiger charge is -1.95. The topological polar surface area (TPSA) is 29.5 Å². The fourth-order valence-electron chi connectivity index (χ4n) is 0.618. The maximum atomic E-state index is 8.67. The van der Waals surface area contributed by atoms with Crippen LogP contribution in [0.5, 0.6) is 5.06 Å². The molecule has 1 rings (SSSR count). The van der Waals surface area contributed by atoms with Crippen molar-refractivity contribution < 1.29 is 9.84 Å². The molecule has 3 heteroatoms. The van der Waals surface area contributed by atoms with Crippen LogP contribution in [0.4, 0.5) is 0 Å². The maximum absolute atomic E-state index is 8.67. The van der Waals surface area contributed by atoms with Gasteiger partial charge in [0.15, 0.2) is 5.06 Å². The summed E-state index contributed by atoms with van der Waals surface area (Å²) >= 11 is 1.49. The van der Waals surface area contributed by atoms with Gasteiger partial charge in [-0.15, -0.1) is 11.3 Å². The van der Waals surface area contributed by atoms with Crippen molar-refractivity contribution in [1.82, 2.24) is 0 Å². The fourth-order valence-corrected chi connectivity index (χ4v) is 1.35. The molecule has 0 unspecified atom stereocenters. The normalized spacial score (nSPS) is 9.56. The Morgan fingerprint density at radius 1 is 1.78 bits per heavy atom. The Bertz CT molecular complexity index is 164. The number of rotatable bonds is 2. The van der Waals surface area contributed by atoms with E-state index in [1.165, 1.54) is 11.3 Å². The van der Waals surface area contributed by atoms with E-state index >= 15 is 0 Å². The molecule has 50 valence electrons. The SMILES string of the molecule is COc1sccc1CO. The summed E-state index contributed by atoms with van der Waals surface area (Å²) in [6, 6.07) is 1.85. The van der Waals surface area contributed by atoms with Crippen molar-refractivity contribution in [3.05, 3.63) is 17.0 Å². The Balaban J connectivity index is 2.85. The van der Waals surface area contributed by atoms with Crippen molar-refractivity contribution in [3.63, 3.8) is 0 Å². The highest BCUT2D eigenvalue weighted by Gasteiger charge is 1.99. The van der Waals surface area contributed by atoms with Crippen LogP contribution in [0.15, 0.2) is 11.4 Å². The van der Waals surface area contributed by atoms with E-state index in [1.54, 1.807) is 7.11 Å². The minimum atomic E-state index is 0.0622. The highest BCUT2D eigenvalue weighted by Crippen LogP contribution is 2.24. The van der Waals surface area contributed by atoms with E-state index in [1.807, 2.05) is 11.4 Å². The van der Waals surface area contributed by atoms with E-state index in [-0.39, 0.29) is 6.61 Å². The predicted molar refractivity (Wildman–Crippen MR) is 36.8 cm³/mol. The second-order valence-electron chi connectivity index (χ2n) is 1.60. The molecule has 1 aromatic rings. The van der Waals surface area contributed by atoms with Crippen LogP contribution >= 0.6 is 11.3 Å². The average molecular weight is 144 g/mol. The van der Waals surface area contributed by atoms with Crippen LogP contribution in [0.2, 0.25) is 0 Å². The van der Waals surface area contributed by atoms with Gasteiger partial charge in [-0.1, -0.05) is 0 Å². The molecule has 9 heavy (non-hydrogen) atoms. The summed E-state index contributed by atoms with van der Waals surface area (Å²) in [6.45, 7) is 0.0622. The number of hydrogen-bond acceptors (Lipinski definition) is 3. The Hall–Kier alpha value is -0.540. The number of aliphatic hydroxyl groups is 1. The summed E-state index contributed by atoms with van der Waals surface area (Å²) in [5, 5.41) is 11.4. The third-order valence-corrected chi connectivity index (χ3v) is 1.98. The van der Waals surface area contributed by atoms with E-state index in [9.17, 15) is 0 Å². The molecule has 0 aromatic carbocycles. The van der Waals surface area contributed by atoms with Crippen LogP contribution in [0.3, 0.4) is 0 Å². The molecule has 0 fully saturated rings. The lowest BCUT2D eigenvalue weighted by Crippen LogP contribution is -1.84. The van der Waals surface area contributed by atoms with Gasteiger partial charge in [-0.25, -0.2) is 0 Å². The highest BCUT2D eigenvalue weighted by atomic mass is 32.1. The maximum Gasteiger partial charge on any atom is 0.178 e. The van der Waals surface area contributed by atoms with Gasteiger partial charge in [0.1, 0.15) is 0 Å². The lowest BCUT2D eigenvalue weighted by molar-refractivity contribution is 0.275. The first kappa shape index (κ1) is 6.58. The lowest BCUT2D eigenvalue weighted by atomic mass is 10.4. The minimum Gasteiger partial charge on any atom is -0.487 e. The molecule has 0 aliphatic rings. The molecular weight excluding hydrogens is 136 g/mol. The van der Waals surface area contributed by atoms with Crippen LogP contribution in [0.1, 0.15) is 5.56 Å². The molecule has 1 heterocycles. The number of aliphatic hydroxyl groups excluding tert-OH is 1. The van der Waals surface area contributed by atoms with Gasteiger partial charge < -0.3 is 9.84 Å². The Labute approximate surface area is 57.7 Å². The summed E-state index contributed by atoms with van der Waals surface area (Å²) in [7, 11) is 1.60. The molecule has 0 saturated carbocycles. The van der Waals surface area contributed by atoms with Crippen molar-refractivity contribution >= 4 is 11.3 Å². The van der Waals surface area contributed by atoms with E-state index in [2.05, 4.69) is 0 Å². The molecule has 0 aliphatic carbocycles. The zero-order valence-electron chi connectivity index (χ0n) is 5.13. The van der Waals surface area contributed by atoms with Crippen molar-refractivity contribution in [2.45, 2.75) is 6.61 Å². The van der Waals surface area contributed by atoms with E-state index < -0.39 is 0 Å². The summed E-state index contributed by atoms with van der Waals surface area (Å²) in [5.41, 5.74) is 0.863. The van der Waals surface area contributed by atoms with Crippen LogP contribution in [0.25, 0.3) is 0 Å². The molecule has 0 aliphatic heterocycles. The number of thiophene rings is 1. The van der Waals surface area contributed by atoms with Crippen molar-refractivity contribution in [2.24, 2.45) is 0 Å². The third kappa shape index (κ3) is 1.23. The van der Waals surface area contributed by atoms with E-state index in [0.717, 1.165) is 10.6 Å². The molecule has 1 aromatic heterocycles. The molecule has 0 atom stereocenters. The first-order valence-electron chi connectivity index (χ1n) is 2.59. The molecule has 0 bridgehead atoms. The summed E-state index contributed by atoms with van der Waals surface area (Å²) in [4.78, 5) is 0. The summed E-state index contributed by atoms with van der Waals surface area (Å²) in [5.74, 6) is 0. The Kier molecular flexibility index (Phi) is 2.08. The van der Waals surface area contributed by atoms with E-state index in [0.29, 0.717) is 0 Å². The van der Waals surface area contributed by atoms with Crippen LogP contribution in [-0.4, -0.2) is 12.2 Å². The highest BCUT2D eigenvalue weighted by molar-refractivity contribution is 7.12. The second-order valence-corrected chi connectivity index (χ2v) is 2.47. The molecule has 0 saturated heterocycles. The van der Waals surface area contributed by atoms with Gasteiger partial charge in [0.2, 0.25) is 0 Å². The Morgan fingerprint density at radius 2 is 2.56 bits per heavy atom. The average Bonchev–Trinajstić information content (AvgIpc) is 2.33.